The van der Waals surface area contributed by atoms with Crippen molar-refractivity contribution in [3.8, 4) is 0 Å². The zero-order valence-electron chi connectivity index (χ0n) is 9.53. The van der Waals surface area contributed by atoms with E-state index >= 15 is 0 Å². The average molecular weight is 240 g/mol. The molecule has 2 atom stereocenters. The Morgan fingerprint density at radius 3 is 3.18 bits per heavy atom. The Labute approximate surface area is 99.3 Å². The predicted octanol–water partition coefficient (Wildman–Crippen LogP) is 1.44. The molecule has 1 rings (SSSR count). The van der Waals surface area contributed by atoms with Crippen LogP contribution in [0.25, 0.3) is 10.4 Å². The Bertz CT molecular complexity index is 328. The Balaban J connectivity index is 2.51. The molecule has 1 aliphatic heterocycles. The maximum absolute atomic E-state index is 11.6. The van der Waals surface area contributed by atoms with Gasteiger partial charge < -0.3 is 14.7 Å². The minimum Gasteiger partial charge on any atom is -0.445 e. The van der Waals surface area contributed by atoms with Crippen molar-refractivity contribution in [2.24, 2.45) is 5.11 Å². The Morgan fingerprint density at radius 1 is 1.76 bits per heavy atom. The van der Waals surface area contributed by atoms with Crippen molar-refractivity contribution in [2.45, 2.75) is 25.0 Å². The van der Waals surface area contributed by atoms with E-state index < -0.39 is 12.2 Å². The molecule has 94 valence electrons. The highest BCUT2D eigenvalue weighted by atomic mass is 16.6. The second-order valence-electron chi connectivity index (χ2n) is 3.80. The fourth-order valence-electron chi connectivity index (χ4n) is 1.85. The normalized spacial score (nSPS) is 23.0. The lowest BCUT2D eigenvalue weighted by Gasteiger charge is -2.22. The van der Waals surface area contributed by atoms with Gasteiger partial charge in [-0.25, -0.2) is 4.79 Å². The van der Waals surface area contributed by atoms with Crippen molar-refractivity contribution < 1.29 is 14.6 Å². The molecule has 1 fully saturated rings. The van der Waals surface area contributed by atoms with Crippen molar-refractivity contribution in [1.82, 2.24) is 4.90 Å². The third kappa shape index (κ3) is 3.97. The van der Waals surface area contributed by atoms with Crippen LogP contribution in [-0.4, -0.2) is 47.9 Å². The predicted molar refractivity (Wildman–Crippen MR) is 61.3 cm³/mol. The summed E-state index contributed by atoms with van der Waals surface area (Å²) in [6, 6.07) is -0.132. The molecule has 1 aliphatic rings. The number of carbonyl (C=O) groups is 1. The van der Waals surface area contributed by atoms with Gasteiger partial charge in [0.2, 0.25) is 0 Å². The molecule has 1 amide bonds. The minimum atomic E-state index is -0.539. The number of rotatable bonds is 5. The third-order valence-electron chi connectivity index (χ3n) is 2.58. The number of hydrogen-bond acceptors (Lipinski definition) is 4. The number of β-amino-alcohol motifs (C(OH)–C–C–N with tert-alkyl or cyclic N) is 1. The first-order valence-corrected chi connectivity index (χ1v) is 5.42. The van der Waals surface area contributed by atoms with Crippen LogP contribution in [0, 0.1) is 0 Å². The maximum Gasteiger partial charge on any atom is 0.410 e. The average Bonchev–Trinajstić information content (AvgIpc) is 2.68. The molecule has 1 N–H and O–H groups in total. The molecule has 0 bridgehead atoms. The molecule has 7 heteroatoms. The van der Waals surface area contributed by atoms with Gasteiger partial charge in [0.05, 0.1) is 12.6 Å². The standard InChI is InChI=1S/C10H16N4O3/c1-2-5-17-10(16)14-7-9(15)6-8(14)3-4-12-13-11/h2,8-9,15H,1,3-7H2/t8-,9-/m1/s1. The van der Waals surface area contributed by atoms with Crippen LogP contribution in [0.2, 0.25) is 0 Å². The van der Waals surface area contributed by atoms with Gasteiger partial charge in [-0.15, -0.1) is 0 Å². The highest BCUT2D eigenvalue weighted by Gasteiger charge is 2.34. The molecule has 1 saturated heterocycles. The van der Waals surface area contributed by atoms with E-state index in [1.54, 1.807) is 0 Å². The summed E-state index contributed by atoms with van der Waals surface area (Å²) < 4.78 is 4.91. The van der Waals surface area contributed by atoms with Crippen molar-refractivity contribution >= 4 is 6.09 Å². The van der Waals surface area contributed by atoms with Crippen molar-refractivity contribution in [2.75, 3.05) is 19.7 Å². The highest BCUT2D eigenvalue weighted by Crippen LogP contribution is 2.21. The van der Waals surface area contributed by atoms with Gasteiger partial charge in [-0.3, -0.25) is 0 Å². The number of nitrogens with zero attached hydrogens (tertiary/aromatic N) is 4. The van der Waals surface area contributed by atoms with Crippen LogP contribution in [0.4, 0.5) is 4.79 Å². The minimum absolute atomic E-state index is 0.132. The van der Waals surface area contributed by atoms with Gasteiger partial charge in [-0.1, -0.05) is 17.8 Å². The van der Waals surface area contributed by atoms with Crippen LogP contribution < -0.4 is 0 Å². The van der Waals surface area contributed by atoms with E-state index in [2.05, 4.69) is 16.6 Å². The number of amides is 1. The van der Waals surface area contributed by atoms with Gasteiger partial charge in [0.1, 0.15) is 6.61 Å². The molecule has 0 aromatic rings. The summed E-state index contributed by atoms with van der Waals surface area (Å²) in [5.41, 5.74) is 8.18. The van der Waals surface area contributed by atoms with Gasteiger partial charge in [-0.2, -0.15) is 0 Å². The van der Waals surface area contributed by atoms with Gasteiger partial charge in [0.15, 0.2) is 0 Å². The molecule has 0 aromatic heterocycles. The van der Waals surface area contributed by atoms with Crippen LogP contribution in [-0.2, 0) is 4.74 Å². The lowest BCUT2D eigenvalue weighted by Crippen LogP contribution is -2.36. The van der Waals surface area contributed by atoms with Crippen LogP contribution in [0.15, 0.2) is 17.8 Å². The molecule has 0 unspecified atom stereocenters. The first kappa shape index (κ1) is 13.3. The van der Waals surface area contributed by atoms with Crippen LogP contribution in [0.3, 0.4) is 0 Å². The Morgan fingerprint density at radius 2 is 2.53 bits per heavy atom. The molecule has 1 heterocycles. The molecule has 7 nitrogen and oxygen atoms in total. The fraction of sp³-hybridized carbons (Fsp3) is 0.700. The van der Waals surface area contributed by atoms with Crippen molar-refractivity contribution in [3.63, 3.8) is 0 Å². The van der Waals surface area contributed by atoms with Crippen molar-refractivity contribution in [3.05, 3.63) is 23.1 Å². The molecule has 0 aliphatic carbocycles. The van der Waals surface area contributed by atoms with Crippen LogP contribution in [0.1, 0.15) is 12.8 Å². The van der Waals surface area contributed by atoms with E-state index in [1.807, 2.05) is 0 Å². The van der Waals surface area contributed by atoms with E-state index in [-0.39, 0.29) is 19.2 Å². The summed E-state index contributed by atoms with van der Waals surface area (Å²) in [6.07, 6.45) is 1.50. The quantitative estimate of drug-likeness (QED) is 0.340. The summed E-state index contributed by atoms with van der Waals surface area (Å²) in [6.45, 7) is 4.17. The Kier molecular flexibility index (Phi) is 5.32. The van der Waals surface area contributed by atoms with E-state index in [4.69, 9.17) is 10.3 Å². The molecule has 0 saturated carbocycles. The number of carbonyl (C=O) groups excluding carboxylic acids is 1. The maximum atomic E-state index is 11.6. The second-order valence-corrected chi connectivity index (χ2v) is 3.80. The number of hydrogen-bond donors (Lipinski definition) is 1. The van der Waals surface area contributed by atoms with E-state index in [9.17, 15) is 9.90 Å². The molecule has 0 spiro atoms. The monoisotopic (exact) mass is 240 g/mol. The Hall–Kier alpha value is -1.72. The SMILES string of the molecule is C=CCOC(=O)N1C[C@H](O)C[C@H]1CCN=[N+]=[N-]. The van der Waals surface area contributed by atoms with Crippen molar-refractivity contribution in [1.29, 1.82) is 0 Å². The second kappa shape index (κ2) is 6.78. The molecule has 0 radical (unpaired) electrons. The fourth-order valence-corrected chi connectivity index (χ4v) is 1.85. The number of aliphatic hydroxyl groups excluding tert-OH is 1. The lowest BCUT2D eigenvalue weighted by molar-refractivity contribution is 0.101. The van der Waals surface area contributed by atoms with Gasteiger partial charge in [-0.05, 0) is 18.4 Å². The highest BCUT2D eigenvalue weighted by molar-refractivity contribution is 5.68. The zero-order chi connectivity index (χ0) is 12.7. The van der Waals surface area contributed by atoms with Gasteiger partial charge in [0.25, 0.3) is 0 Å². The topological polar surface area (TPSA) is 98.5 Å². The van der Waals surface area contributed by atoms with E-state index in [0.717, 1.165) is 0 Å². The molecular weight excluding hydrogens is 224 g/mol. The number of azide groups is 1. The van der Waals surface area contributed by atoms with E-state index in [1.165, 1.54) is 11.0 Å². The summed E-state index contributed by atoms with van der Waals surface area (Å²) in [7, 11) is 0. The summed E-state index contributed by atoms with van der Waals surface area (Å²) in [5, 5.41) is 12.9. The summed E-state index contributed by atoms with van der Waals surface area (Å²) in [4.78, 5) is 15.8. The van der Waals surface area contributed by atoms with Crippen LogP contribution in [0.5, 0.6) is 0 Å². The van der Waals surface area contributed by atoms with E-state index in [0.29, 0.717) is 19.4 Å². The number of ether oxygens (including phenoxy) is 1. The molecule has 17 heavy (non-hydrogen) atoms. The molecule has 0 aromatic carbocycles. The first-order valence-electron chi connectivity index (χ1n) is 5.42. The van der Waals surface area contributed by atoms with Gasteiger partial charge in [0, 0.05) is 17.5 Å². The molecular formula is C10H16N4O3. The third-order valence-corrected chi connectivity index (χ3v) is 2.58. The lowest BCUT2D eigenvalue weighted by atomic mass is 10.1. The summed E-state index contributed by atoms with van der Waals surface area (Å²) >= 11 is 0. The summed E-state index contributed by atoms with van der Waals surface area (Å²) in [5.74, 6) is 0. The van der Waals surface area contributed by atoms with Gasteiger partial charge >= 0.3 is 6.09 Å². The van der Waals surface area contributed by atoms with Crippen LogP contribution >= 0.6 is 0 Å². The number of likely N-dealkylation sites (tertiary alicyclic amines) is 1. The number of aliphatic hydroxyl groups is 1. The first-order chi connectivity index (χ1) is 8.19. The zero-order valence-corrected chi connectivity index (χ0v) is 9.53. The smallest absolute Gasteiger partial charge is 0.410 e. The largest absolute Gasteiger partial charge is 0.445 e.